The molecule has 2 heterocycles. The molecular weight excluding hydrogens is 372 g/mol. The number of imide groups is 1. The SMILES string of the molecule is COc1cc(Cl)c(C)cc1NC(=O)C(C)N1CCCC2(C1)NC(=O)NC2=O. The fourth-order valence-electron chi connectivity index (χ4n) is 3.57. The highest BCUT2D eigenvalue weighted by Crippen LogP contribution is 2.31. The average Bonchev–Trinajstić information content (AvgIpc) is 2.89. The van der Waals surface area contributed by atoms with Crippen LogP contribution in [-0.4, -0.2) is 54.5 Å². The monoisotopic (exact) mass is 394 g/mol. The number of likely N-dealkylation sites (tertiary alicyclic amines) is 1. The Morgan fingerprint density at radius 1 is 1.41 bits per heavy atom. The van der Waals surface area contributed by atoms with Crippen LogP contribution >= 0.6 is 11.6 Å². The Morgan fingerprint density at radius 2 is 2.15 bits per heavy atom. The average molecular weight is 395 g/mol. The van der Waals surface area contributed by atoms with Crippen LogP contribution in [0.15, 0.2) is 12.1 Å². The van der Waals surface area contributed by atoms with Crippen molar-refractivity contribution in [2.24, 2.45) is 0 Å². The second kappa shape index (κ2) is 7.36. The quantitative estimate of drug-likeness (QED) is 0.674. The maximum absolute atomic E-state index is 12.8. The van der Waals surface area contributed by atoms with Crippen LogP contribution in [0.3, 0.4) is 0 Å². The van der Waals surface area contributed by atoms with Crippen LogP contribution in [0.1, 0.15) is 25.3 Å². The van der Waals surface area contributed by atoms with E-state index in [-0.39, 0.29) is 18.4 Å². The third-order valence-electron chi connectivity index (χ3n) is 5.20. The standard InChI is InChI=1S/C18H23ClN4O4/c1-10-7-13(14(27-3)8-12(10)19)20-15(24)11(2)23-6-4-5-18(9-23)16(25)21-17(26)22-18/h7-8,11H,4-6,9H2,1-3H3,(H,20,24)(H2,21,22,25,26). The maximum atomic E-state index is 12.8. The van der Waals surface area contributed by atoms with Gasteiger partial charge >= 0.3 is 6.03 Å². The van der Waals surface area contributed by atoms with E-state index in [0.717, 1.165) is 5.56 Å². The second-order valence-corrected chi connectivity index (χ2v) is 7.44. The van der Waals surface area contributed by atoms with E-state index in [1.54, 1.807) is 19.1 Å². The minimum absolute atomic E-state index is 0.225. The number of hydrogen-bond donors (Lipinski definition) is 3. The highest BCUT2D eigenvalue weighted by atomic mass is 35.5. The van der Waals surface area contributed by atoms with Crippen molar-refractivity contribution in [2.75, 3.05) is 25.5 Å². The number of rotatable bonds is 4. The Labute approximate surface area is 162 Å². The molecular formula is C18H23ClN4O4. The molecule has 146 valence electrons. The van der Waals surface area contributed by atoms with Gasteiger partial charge in [-0.3, -0.25) is 19.8 Å². The van der Waals surface area contributed by atoms with Crippen molar-refractivity contribution in [3.63, 3.8) is 0 Å². The van der Waals surface area contributed by atoms with Gasteiger partial charge in [0.2, 0.25) is 5.91 Å². The molecule has 0 saturated carbocycles. The summed E-state index contributed by atoms with van der Waals surface area (Å²) in [7, 11) is 1.51. The molecule has 0 radical (unpaired) electrons. The summed E-state index contributed by atoms with van der Waals surface area (Å²) in [6.07, 6.45) is 1.26. The number of aryl methyl sites for hydroxylation is 1. The molecule has 1 aromatic rings. The number of carbonyl (C=O) groups excluding carboxylic acids is 3. The van der Waals surface area contributed by atoms with Gasteiger partial charge in [0.05, 0.1) is 18.8 Å². The lowest BCUT2D eigenvalue weighted by molar-refractivity contribution is -0.129. The molecule has 1 aromatic carbocycles. The van der Waals surface area contributed by atoms with E-state index in [2.05, 4.69) is 16.0 Å². The van der Waals surface area contributed by atoms with Crippen LogP contribution in [0.4, 0.5) is 10.5 Å². The predicted molar refractivity (Wildman–Crippen MR) is 101 cm³/mol. The maximum Gasteiger partial charge on any atom is 0.322 e. The lowest BCUT2D eigenvalue weighted by Crippen LogP contribution is -2.61. The van der Waals surface area contributed by atoms with Crippen molar-refractivity contribution >= 4 is 35.1 Å². The van der Waals surface area contributed by atoms with Gasteiger partial charge in [0.1, 0.15) is 11.3 Å². The van der Waals surface area contributed by atoms with Gasteiger partial charge in [0, 0.05) is 17.6 Å². The van der Waals surface area contributed by atoms with E-state index in [1.165, 1.54) is 7.11 Å². The Bertz CT molecular complexity index is 800. The first-order valence-electron chi connectivity index (χ1n) is 8.78. The number of halogens is 1. The van der Waals surface area contributed by atoms with E-state index in [9.17, 15) is 14.4 Å². The normalized spacial score (nSPS) is 23.7. The van der Waals surface area contributed by atoms with Gasteiger partial charge in [-0.1, -0.05) is 11.6 Å². The summed E-state index contributed by atoms with van der Waals surface area (Å²) in [5.41, 5.74) is 0.399. The van der Waals surface area contributed by atoms with Gasteiger partial charge in [-0.05, 0) is 44.9 Å². The van der Waals surface area contributed by atoms with Crippen molar-refractivity contribution in [1.29, 1.82) is 0 Å². The third kappa shape index (κ3) is 3.72. The smallest absolute Gasteiger partial charge is 0.322 e. The van der Waals surface area contributed by atoms with Crippen molar-refractivity contribution in [2.45, 2.75) is 38.3 Å². The Balaban J connectivity index is 1.73. The van der Waals surface area contributed by atoms with E-state index >= 15 is 0 Å². The number of piperidine rings is 1. The molecule has 2 fully saturated rings. The fourth-order valence-corrected chi connectivity index (χ4v) is 3.72. The molecule has 9 heteroatoms. The van der Waals surface area contributed by atoms with Crippen LogP contribution in [-0.2, 0) is 9.59 Å². The highest BCUT2D eigenvalue weighted by molar-refractivity contribution is 6.31. The molecule has 3 rings (SSSR count). The number of anilines is 1. The summed E-state index contributed by atoms with van der Waals surface area (Å²) in [5.74, 6) is -0.0830. The third-order valence-corrected chi connectivity index (χ3v) is 5.61. The topological polar surface area (TPSA) is 99.8 Å². The van der Waals surface area contributed by atoms with Crippen LogP contribution in [0.25, 0.3) is 0 Å². The Kier molecular flexibility index (Phi) is 5.30. The van der Waals surface area contributed by atoms with Crippen LogP contribution in [0.5, 0.6) is 5.75 Å². The summed E-state index contributed by atoms with van der Waals surface area (Å²) in [4.78, 5) is 38.4. The molecule has 8 nitrogen and oxygen atoms in total. The first kappa shape index (κ1) is 19.4. The zero-order valence-electron chi connectivity index (χ0n) is 15.5. The molecule has 2 aliphatic heterocycles. The van der Waals surface area contributed by atoms with E-state index in [4.69, 9.17) is 16.3 Å². The molecule has 0 bridgehead atoms. The molecule has 0 aliphatic carbocycles. The number of carbonyl (C=O) groups is 3. The summed E-state index contributed by atoms with van der Waals surface area (Å²) in [6.45, 7) is 4.57. The minimum Gasteiger partial charge on any atom is -0.495 e. The van der Waals surface area contributed by atoms with Crippen molar-refractivity contribution in [3.8, 4) is 5.75 Å². The zero-order chi connectivity index (χ0) is 19.8. The number of ether oxygens (including phenoxy) is 1. The van der Waals surface area contributed by atoms with Gasteiger partial charge in [-0.2, -0.15) is 0 Å². The Hall–Kier alpha value is -2.32. The van der Waals surface area contributed by atoms with E-state index < -0.39 is 17.6 Å². The number of methoxy groups -OCH3 is 1. The van der Waals surface area contributed by atoms with Gasteiger partial charge in [-0.15, -0.1) is 0 Å². The van der Waals surface area contributed by atoms with Crippen molar-refractivity contribution in [3.05, 3.63) is 22.7 Å². The molecule has 3 N–H and O–H groups in total. The molecule has 2 atom stereocenters. The van der Waals surface area contributed by atoms with Crippen LogP contribution in [0, 0.1) is 6.92 Å². The van der Waals surface area contributed by atoms with Crippen LogP contribution < -0.4 is 20.7 Å². The van der Waals surface area contributed by atoms with E-state index in [1.807, 2.05) is 11.8 Å². The van der Waals surface area contributed by atoms with Gasteiger partial charge in [0.25, 0.3) is 5.91 Å². The van der Waals surface area contributed by atoms with Crippen molar-refractivity contribution < 1.29 is 19.1 Å². The predicted octanol–water partition coefficient (Wildman–Crippen LogP) is 1.66. The van der Waals surface area contributed by atoms with Gasteiger partial charge in [-0.25, -0.2) is 4.79 Å². The number of urea groups is 1. The number of hydrogen-bond acceptors (Lipinski definition) is 5. The number of amides is 4. The van der Waals surface area contributed by atoms with Crippen molar-refractivity contribution in [1.82, 2.24) is 15.5 Å². The molecule has 0 aromatic heterocycles. The fraction of sp³-hybridized carbons (Fsp3) is 0.500. The molecule has 2 saturated heterocycles. The largest absolute Gasteiger partial charge is 0.495 e. The lowest BCUT2D eigenvalue weighted by atomic mass is 9.88. The number of benzene rings is 1. The second-order valence-electron chi connectivity index (χ2n) is 7.03. The summed E-state index contributed by atoms with van der Waals surface area (Å²) < 4.78 is 5.30. The molecule has 2 aliphatic rings. The zero-order valence-corrected chi connectivity index (χ0v) is 16.3. The molecule has 2 unspecified atom stereocenters. The summed E-state index contributed by atoms with van der Waals surface area (Å²) in [6, 6.07) is 2.44. The van der Waals surface area contributed by atoms with E-state index in [0.29, 0.717) is 35.8 Å². The number of nitrogens with zero attached hydrogens (tertiary/aromatic N) is 1. The van der Waals surface area contributed by atoms with Crippen LogP contribution in [0.2, 0.25) is 5.02 Å². The summed E-state index contributed by atoms with van der Waals surface area (Å²) in [5, 5.41) is 8.43. The molecule has 27 heavy (non-hydrogen) atoms. The van der Waals surface area contributed by atoms with Gasteiger partial charge < -0.3 is 15.4 Å². The highest BCUT2D eigenvalue weighted by Gasteiger charge is 2.49. The molecule has 1 spiro atoms. The molecule has 4 amide bonds. The lowest BCUT2D eigenvalue weighted by Gasteiger charge is -2.40. The van der Waals surface area contributed by atoms with Gasteiger partial charge in [0.15, 0.2) is 0 Å². The minimum atomic E-state index is -0.960. The first-order valence-corrected chi connectivity index (χ1v) is 9.16. The summed E-state index contributed by atoms with van der Waals surface area (Å²) >= 11 is 6.11. The first-order chi connectivity index (χ1) is 12.8. The Morgan fingerprint density at radius 3 is 2.78 bits per heavy atom. The number of nitrogens with one attached hydrogen (secondary N) is 3.